The number of ether oxygens (including phenoxy) is 2. The lowest BCUT2D eigenvalue weighted by atomic mass is 10.0. The van der Waals surface area contributed by atoms with Gasteiger partial charge in [-0.3, -0.25) is 4.90 Å². The first-order chi connectivity index (χ1) is 11.6. The second-order valence-corrected chi connectivity index (χ2v) is 7.31. The first-order valence-electron chi connectivity index (χ1n) is 7.75. The lowest BCUT2D eigenvalue weighted by molar-refractivity contribution is 0.197. The third-order valence-electron chi connectivity index (χ3n) is 4.18. The van der Waals surface area contributed by atoms with E-state index in [-0.39, 0.29) is 11.9 Å². The van der Waals surface area contributed by atoms with Crippen LogP contribution in [-0.4, -0.2) is 45.3 Å². The molecule has 0 amide bonds. The van der Waals surface area contributed by atoms with Crippen molar-refractivity contribution < 1.29 is 13.9 Å². The zero-order chi connectivity index (χ0) is 17.1. The molecule has 1 saturated heterocycles. The van der Waals surface area contributed by atoms with E-state index >= 15 is 0 Å². The van der Waals surface area contributed by atoms with Crippen LogP contribution in [0.15, 0.2) is 24.3 Å². The van der Waals surface area contributed by atoms with Crippen molar-refractivity contribution in [2.24, 2.45) is 0 Å². The van der Waals surface area contributed by atoms with E-state index in [1.54, 1.807) is 13.2 Å². The number of nitrogens with zero attached hydrogens (tertiary/aromatic N) is 1. The van der Waals surface area contributed by atoms with E-state index in [4.69, 9.17) is 21.1 Å². The van der Waals surface area contributed by atoms with Crippen molar-refractivity contribution in [1.29, 1.82) is 0 Å². The molecule has 1 aliphatic rings. The van der Waals surface area contributed by atoms with Crippen molar-refractivity contribution in [2.45, 2.75) is 6.04 Å². The van der Waals surface area contributed by atoms with Gasteiger partial charge < -0.3 is 14.8 Å². The van der Waals surface area contributed by atoms with E-state index in [1.807, 2.05) is 12.1 Å². The molecule has 2 aromatic rings. The Morgan fingerprint density at radius 1 is 1.17 bits per heavy atom. The average Bonchev–Trinajstić information content (AvgIpc) is 3.03. The Hall–Kier alpha value is -1.34. The largest absolute Gasteiger partial charge is 0.493 e. The number of halogens is 2. The molecule has 0 radical (unpaired) electrons. The van der Waals surface area contributed by atoms with Crippen LogP contribution in [0.3, 0.4) is 0 Å². The van der Waals surface area contributed by atoms with E-state index in [0.717, 1.165) is 31.1 Å². The fourth-order valence-corrected chi connectivity index (χ4v) is 4.24. The van der Waals surface area contributed by atoms with Gasteiger partial charge in [-0.25, -0.2) is 4.39 Å². The van der Waals surface area contributed by atoms with Crippen LogP contribution in [0.2, 0.25) is 4.34 Å². The Balaban J connectivity index is 2.07. The maximum atomic E-state index is 14.8. The molecule has 1 aromatic carbocycles. The molecule has 1 N–H and O–H groups in total. The highest BCUT2D eigenvalue weighted by molar-refractivity contribution is 7.16. The average molecular weight is 371 g/mol. The van der Waals surface area contributed by atoms with Crippen LogP contribution in [0.25, 0.3) is 0 Å². The summed E-state index contributed by atoms with van der Waals surface area (Å²) in [7, 11) is 3.06. The molecule has 0 saturated carbocycles. The zero-order valence-corrected chi connectivity index (χ0v) is 15.2. The Morgan fingerprint density at radius 2 is 1.83 bits per heavy atom. The number of methoxy groups -OCH3 is 2. The van der Waals surface area contributed by atoms with E-state index in [1.165, 1.54) is 24.5 Å². The Labute approximate surface area is 150 Å². The van der Waals surface area contributed by atoms with Crippen LogP contribution in [0, 0.1) is 5.82 Å². The summed E-state index contributed by atoms with van der Waals surface area (Å²) in [5.74, 6) is 0.611. The normalized spacial score (nSPS) is 16.8. The molecule has 4 nitrogen and oxygen atoms in total. The molecule has 7 heteroatoms. The maximum absolute atomic E-state index is 14.8. The van der Waals surface area contributed by atoms with Crippen LogP contribution < -0.4 is 14.8 Å². The standard InChI is InChI=1S/C17H20ClFN2O2S/c1-22-13-9-11(12(19)10-14(13)23-2)17(15-3-4-16(18)24-15)21-7-5-20-6-8-21/h3-4,9-10,17,20H,5-8H2,1-2H3/t17-/m1/s1. The second kappa shape index (κ2) is 7.70. The molecule has 1 aliphatic heterocycles. The van der Waals surface area contributed by atoms with Gasteiger partial charge in [-0.2, -0.15) is 0 Å². The van der Waals surface area contributed by atoms with Gasteiger partial charge in [0.1, 0.15) is 5.82 Å². The van der Waals surface area contributed by atoms with Crippen LogP contribution in [0.1, 0.15) is 16.5 Å². The quantitative estimate of drug-likeness (QED) is 0.872. The molecule has 3 rings (SSSR count). The molecule has 0 aliphatic carbocycles. The minimum Gasteiger partial charge on any atom is -0.493 e. The molecule has 0 bridgehead atoms. The predicted molar refractivity (Wildman–Crippen MR) is 95.1 cm³/mol. The third kappa shape index (κ3) is 3.52. The highest BCUT2D eigenvalue weighted by atomic mass is 35.5. The number of rotatable bonds is 5. The van der Waals surface area contributed by atoms with Gasteiger partial charge in [0.15, 0.2) is 11.5 Å². The zero-order valence-electron chi connectivity index (χ0n) is 13.6. The summed E-state index contributed by atoms with van der Waals surface area (Å²) in [6.07, 6.45) is 0. The summed E-state index contributed by atoms with van der Waals surface area (Å²) >= 11 is 7.61. The number of thiophene rings is 1. The molecule has 2 heterocycles. The van der Waals surface area contributed by atoms with Crippen molar-refractivity contribution >= 4 is 22.9 Å². The third-order valence-corrected chi connectivity index (χ3v) is 5.46. The highest BCUT2D eigenvalue weighted by Gasteiger charge is 2.29. The number of hydrogen-bond acceptors (Lipinski definition) is 5. The number of piperazine rings is 1. The maximum Gasteiger partial charge on any atom is 0.163 e. The Bertz CT molecular complexity index is 704. The smallest absolute Gasteiger partial charge is 0.163 e. The van der Waals surface area contributed by atoms with Crippen molar-refractivity contribution in [1.82, 2.24) is 10.2 Å². The van der Waals surface area contributed by atoms with Gasteiger partial charge in [0.25, 0.3) is 0 Å². The van der Waals surface area contributed by atoms with Gasteiger partial charge in [-0.15, -0.1) is 11.3 Å². The summed E-state index contributed by atoms with van der Waals surface area (Å²) < 4.78 is 26.1. The molecular formula is C17H20ClFN2O2S. The SMILES string of the molecule is COc1cc(F)c([C@H](c2ccc(Cl)s2)N2CCNCC2)cc1OC. The van der Waals surface area contributed by atoms with Crippen LogP contribution in [-0.2, 0) is 0 Å². The monoisotopic (exact) mass is 370 g/mol. The topological polar surface area (TPSA) is 33.7 Å². The first-order valence-corrected chi connectivity index (χ1v) is 8.95. The lowest BCUT2D eigenvalue weighted by Gasteiger charge is -2.35. The summed E-state index contributed by atoms with van der Waals surface area (Å²) in [5, 5.41) is 3.33. The van der Waals surface area contributed by atoms with Gasteiger partial charge in [-0.1, -0.05) is 11.6 Å². The van der Waals surface area contributed by atoms with Gasteiger partial charge >= 0.3 is 0 Å². The fraction of sp³-hybridized carbons (Fsp3) is 0.412. The van der Waals surface area contributed by atoms with E-state index < -0.39 is 0 Å². The van der Waals surface area contributed by atoms with E-state index in [0.29, 0.717) is 21.4 Å². The van der Waals surface area contributed by atoms with Gasteiger partial charge in [0.05, 0.1) is 24.6 Å². The molecule has 24 heavy (non-hydrogen) atoms. The molecule has 0 spiro atoms. The Morgan fingerprint density at radius 3 is 2.42 bits per heavy atom. The second-order valence-electron chi connectivity index (χ2n) is 5.56. The first kappa shape index (κ1) is 17.5. The van der Waals surface area contributed by atoms with Crippen LogP contribution >= 0.6 is 22.9 Å². The predicted octanol–water partition coefficient (Wildman–Crippen LogP) is 3.55. The van der Waals surface area contributed by atoms with Gasteiger partial charge in [-0.05, 0) is 18.2 Å². The Kier molecular flexibility index (Phi) is 5.61. The van der Waals surface area contributed by atoms with Crippen molar-refractivity contribution in [3.05, 3.63) is 44.9 Å². The highest BCUT2D eigenvalue weighted by Crippen LogP contribution is 2.40. The molecule has 1 fully saturated rings. The van der Waals surface area contributed by atoms with Crippen molar-refractivity contribution in [3.63, 3.8) is 0 Å². The fourth-order valence-electron chi connectivity index (χ4n) is 3.02. The minimum atomic E-state index is -0.305. The summed E-state index contributed by atoms with van der Waals surface area (Å²) in [5.41, 5.74) is 0.577. The molecule has 130 valence electrons. The molecule has 1 atom stereocenters. The van der Waals surface area contributed by atoms with Gasteiger partial charge in [0, 0.05) is 42.7 Å². The van der Waals surface area contributed by atoms with Crippen LogP contribution in [0.5, 0.6) is 11.5 Å². The number of hydrogen-bond donors (Lipinski definition) is 1. The van der Waals surface area contributed by atoms with E-state index in [2.05, 4.69) is 10.2 Å². The lowest BCUT2D eigenvalue weighted by Crippen LogP contribution is -2.45. The molecular weight excluding hydrogens is 351 g/mol. The van der Waals surface area contributed by atoms with Crippen LogP contribution in [0.4, 0.5) is 4.39 Å². The molecule has 0 unspecified atom stereocenters. The summed E-state index contributed by atoms with van der Waals surface area (Å²) in [6.45, 7) is 3.44. The van der Waals surface area contributed by atoms with Gasteiger partial charge in [0.2, 0.25) is 0 Å². The number of benzene rings is 1. The number of nitrogens with one attached hydrogen (secondary N) is 1. The minimum absolute atomic E-state index is 0.190. The van der Waals surface area contributed by atoms with Crippen molar-refractivity contribution in [3.8, 4) is 11.5 Å². The van der Waals surface area contributed by atoms with E-state index in [9.17, 15) is 4.39 Å². The van der Waals surface area contributed by atoms with Crippen molar-refractivity contribution in [2.75, 3.05) is 40.4 Å². The molecule has 1 aromatic heterocycles. The summed E-state index contributed by atoms with van der Waals surface area (Å²) in [4.78, 5) is 3.29. The summed E-state index contributed by atoms with van der Waals surface area (Å²) in [6, 6.07) is 6.75.